The standard InChI is InChI=1S/C17H16N2OS3/c1-9-10(2)23-17-14(9)16(18-15(19-17)11-5-6-11)22-8-12(20)13-4-3-7-21-13/h3-4,7,11H,5-6,8H2,1-2H3. The lowest BCUT2D eigenvalue weighted by molar-refractivity contribution is 0.102. The second-order valence-corrected chi connectivity index (χ2v) is 8.93. The highest BCUT2D eigenvalue weighted by Gasteiger charge is 2.28. The van der Waals surface area contributed by atoms with E-state index in [9.17, 15) is 4.79 Å². The Morgan fingerprint density at radius 2 is 2.17 bits per heavy atom. The average molecular weight is 361 g/mol. The molecule has 3 heterocycles. The largest absolute Gasteiger partial charge is 0.292 e. The Kier molecular flexibility index (Phi) is 3.99. The van der Waals surface area contributed by atoms with Crippen molar-refractivity contribution in [2.45, 2.75) is 37.6 Å². The first-order chi connectivity index (χ1) is 11.1. The summed E-state index contributed by atoms with van der Waals surface area (Å²) in [5.74, 6) is 2.10. The fourth-order valence-corrected chi connectivity index (χ4v) is 5.33. The molecular formula is C17H16N2OS3. The first-order valence-electron chi connectivity index (χ1n) is 7.60. The predicted octanol–water partition coefficient (Wildman–Crippen LogP) is 5.22. The van der Waals surface area contributed by atoms with Gasteiger partial charge >= 0.3 is 0 Å². The van der Waals surface area contributed by atoms with Crippen molar-refractivity contribution in [2.75, 3.05) is 5.75 Å². The summed E-state index contributed by atoms with van der Waals surface area (Å²) in [6, 6.07) is 3.81. The maximum Gasteiger partial charge on any atom is 0.183 e. The van der Waals surface area contributed by atoms with Crippen molar-refractivity contribution in [1.29, 1.82) is 0 Å². The third-order valence-corrected chi connectivity index (χ3v) is 7.08. The van der Waals surface area contributed by atoms with Crippen LogP contribution < -0.4 is 0 Å². The molecule has 6 heteroatoms. The van der Waals surface area contributed by atoms with Gasteiger partial charge in [-0.15, -0.1) is 22.7 Å². The number of thioether (sulfide) groups is 1. The molecule has 0 N–H and O–H groups in total. The van der Waals surface area contributed by atoms with E-state index in [1.165, 1.54) is 34.6 Å². The number of thiophene rings is 2. The molecule has 0 atom stereocenters. The second kappa shape index (κ2) is 6.00. The van der Waals surface area contributed by atoms with Crippen LogP contribution in [0.25, 0.3) is 10.2 Å². The Bertz CT molecular complexity index is 879. The van der Waals surface area contributed by atoms with Crippen LogP contribution in [0.5, 0.6) is 0 Å². The summed E-state index contributed by atoms with van der Waals surface area (Å²) in [4.78, 5) is 25.0. The Balaban J connectivity index is 1.68. The first-order valence-corrected chi connectivity index (χ1v) is 10.3. The van der Waals surface area contributed by atoms with Gasteiger partial charge in [0.15, 0.2) is 5.78 Å². The Morgan fingerprint density at radius 3 is 2.87 bits per heavy atom. The molecular weight excluding hydrogens is 344 g/mol. The second-order valence-electron chi connectivity index (χ2n) is 5.81. The number of rotatable bonds is 5. The van der Waals surface area contributed by atoms with Gasteiger partial charge in [-0.2, -0.15) is 0 Å². The number of nitrogens with zero attached hydrogens (tertiary/aromatic N) is 2. The van der Waals surface area contributed by atoms with Crippen LogP contribution in [-0.4, -0.2) is 21.5 Å². The van der Waals surface area contributed by atoms with Gasteiger partial charge in [0.1, 0.15) is 15.7 Å². The number of aryl methyl sites for hydroxylation is 2. The van der Waals surface area contributed by atoms with Gasteiger partial charge < -0.3 is 0 Å². The van der Waals surface area contributed by atoms with Crippen molar-refractivity contribution in [3.05, 3.63) is 38.7 Å². The SMILES string of the molecule is Cc1sc2nc(C3CC3)nc(SCC(=O)c3cccs3)c2c1C. The molecule has 1 saturated carbocycles. The molecule has 0 aromatic carbocycles. The van der Waals surface area contributed by atoms with Crippen LogP contribution in [0.1, 0.15) is 44.7 Å². The van der Waals surface area contributed by atoms with E-state index < -0.39 is 0 Å². The van der Waals surface area contributed by atoms with Gasteiger partial charge in [0, 0.05) is 16.2 Å². The van der Waals surface area contributed by atoms with Crippen molar-refractivity contribution in [3.63, 3.8) is 0 Å². The van der Waals surface area contributed by atoms with Crippen molar-refractivity contribution < 1.29 is 4.79 Å². The van der Waals surface area contributed by atoms with E-state index in [0.29, 0.717) is 11.7 Å². The smallest absolute Gasteiger partial charge is 0.183 e. The summed E-state index contributed by atoms with van der Waals surface area (Å²) in [5.41, 5.74) is 1.25. The van der Waals surface area contributed by atoms with Crippen molar-refractivity contribution in [3.8, 4) is 0 Å². The lowest BCUT2D eigenvalue weighted by atomic mass is 10.2. The first kappa shape index (κ1) is 15.3. The Hall–Kier alpha value is -1.24. The van der Waals surface area contributed by atoms with Gasteiger partial charge in [0.05, 0.1) is 10.6 Å². The van der Waals surface area contributed by atoms with Crippen LogP contribution in [0.2, 0.25) is 0 Å². The summed E-state index contributed by atoms with van der Waals surface area (Å²) in [5, 5.41) is 4.06. The number of fused-ring (bicyclic) bond motifs is 1. The molecule has 23 heavy (non-hydrogen) atoms. The molecule has 0 aliphatic heterocycles. The zero-order chi connectivity index (χ0) is 16.0. The zero-order valence-corrected chi connectivity index (χ0v) is 15.4. The minimum atomic E-state index is 0.175. The summed E-state index contributed by atoms with van der Waals surface area (Å²) in [6.07, 6.45) is 2.38. The zero-order valence-electron chi connectivity index (χ0n) is 13.0. The van der Waals surface area contributed by atoms with Gasteiger partial charge in [0.25, 0.3) is 0 Å². The Labute approximate surface area is 147 Å². The monoisotopic (exact) mass is 360 g/mol. The molecule has 4 rings (SSSR count). The van der Waals surface area contributed by atoms with Gasteiger partial charge in [-0.25, -0.2) is 9.97 Å². The minimum Gasteiger partial charge on any atom is -0.292 e. The summed E-state index contributed by atoms with van der Waals surface area (Å²) >= 11 is 4.79. The molecule has 1 aliphatic rings. The fourth-order valence-electron chi connectivity index (χ4n) is 2.50. The van der Waals surface area contributed by atoms with Crippen LogP contribution in [0, 0.1) is 13.8 Å². The lowest BCUT2D eigenvalue weighted by Gasteiger charge is -2.06. The number of ketones is 1. The summed E-state index contributed by atoms with van der Waals surface area (Å²) < 4.78 is 0. The molecule has 118 valence electrons. The summed E-state index contributed by atoms with van der Waals surface area (Å²) in [6.45, 7) is 4.25. The van der Waals surface area contributed by atoms with E-state index >= 15 is 0 Å². The predicted molar refractivity (Wildman–Crippen MR) is 98.2 cm³/mol. The highest BCUT2D eigenvalue weighted by atomic mass is 32.2. The van der Waals surface area contributed by atoms with Crippen LogP contribution >= 0.6 is 34.4 Å². The maximum absolute atomic E-state index is 12.3. The third-order valence-electron chi connectivity index (χ3n) is 4.09. The van der Waals surface area contributed by atoms with Crippen molar-refractivity contribution >= 4 is 50.4 Å². The maximum atomic E-state index is 12.3. The van der Waals surface area contributed by atoms with Crippen LogP contribution in [0.3, 0.4) is 0 Å². The van der Waals surface area contributed by atoms with E-state index in [1.807, 2.05) is 17.5 Å². The number of hydrogen-bond acceptors (Lipinski definition) is 6. The topological polar surface area (TPSA) is 42.9 Å². The molecule has 0 spiro atoms. The Morgan fingerprint density at radius 1 is 1.35 bits per heavy atom. The number of carbonyl (C=O) groups excluding carboxylic acids is 1. The van der Waals surface area contributed by atoms with Crippen LogP contribution in [0.4, 0.5) is 0 Å². The highest BCUT2D eigenvalue weighted by Crippen LogP contribution is 2.42. The van der Waals surface area contributed by atoms with Gasteiger partial charge in [-0.05, 0) is 43.7 Å². The fraction of sp³-hybridized carbons (Fsp3) is 0.353. The minimum absolute atomic E-state index is 0.175. The molecule has 3 aromatic rings. The molecule has 1 fully saturated rings. The van der Waals surface area contributed by atoms with E-state index in [2.05, 4.69) is 13.8 Å². The summed E-state index contributed by atoms with van der Waals surface area (Å²) in [7, 11) is 0. The molecule has 3 nitrogen and oxygen atoms in total. The van der Waals surface area contributed by atoms with E-state index in [-0.39, 0.29) is 5.78 Å². The molecule has 0 saturated heterocycles. The van der Waals surface area contributed by atoms with Gasteiger partial charge in [-0.3, -0.25) is 4.79 Å². The molecule has 3 aromatic heterocycles. The van der Waals surface area contributed by atoms with Crippen molar-refractivity contribution in [1.82, 2.24) is 9.97 Å². The normalized spacial score (nSPS) is 14.5. The van der Waals surface area contributed by atoms with E-state index in [4.69, 9.17) is 9.97 Å². The number of aromatic nitrogens is 2. The lowest BCUT2D eigenvalue weighted by Crippen LogP contribution is -2.01. The molecule has 0 bridgehead atoms. The quantitative estimate of drug-likeness (QED) is 0.355. The molecule has 0 unspecified atom stereocenters. The number of carbonyl (C=O) groups is 1. The van der Waals surface area contributed by atoms with E-state index in [0.717, 1.165) is 25.9 Å². The van der Waals surface area contributed by atoms with E-state index in [1.54, 1.807) is 23.1 Å². The van der Waals surface area contributed by atoms with Crippen molar-refractivity contribution in [2.24, 2.45) is 0 Å². The highest BCUT2D eigenvalue weighted by molar-refractivity contribution is 8.00. The van der Waals surface area contributed by atoms with Crippen LogP contribution in [-0.2, 0) is 0 Å². The molecule has 1 aliphatic carbocycles. The van der Waals surface area contributed by atoms with Crippen LogP contribution in [0.15, 0.2) is 22.5 Å². The third kappa shape index (κ3) is 2.95. The molecule has 0 amide bonds. The number of Topliss-reactive ketones (excluding diaryl/α,β-unsaturated/α-hetero) is 1. The van der Waals surface area contributed by atoms with Gasteiger partial charge in [0.2, 0.25) is 0 Å². The van der Waals surface area contributed by atoms with Gasteiger partial charge in [-0.1, -0.05) is 17.8 Å². The molecule has 0 radical (unpaired) electrons. The number of hydrogen-bond donors (Lipinski definition) is 0. The average Bonchev–Trinajstić information content (AvgIpc) is 3.17.